The predicted molar refractivity (Wildman–Crippen MR) is 276 cm³/mol. The van der Waals surface area contributed by atoms with Crippen molar-refractivity contribution in [3.63, 3.8) is 0 Å². The number of esters is 7. The van der Waals surface area contributed by atoms with E-state index in [4.69, 9.17) is 47.4 Å². The van der Waals surface area contributed by atoms with Crippen LogP contribution in [0.15, 0.2) is 212 Å². The summed E-state index contributed by atoms with van der Waals surface area (Å²) in [6.45, 7) is -1.50. The normalized spacial score (nSPS) is 22.4. The van der Waals surface area contributed by atoms with Gasteiger partial charge in [0.05, 0.1) is 38.9 Å². The van der Waals surface area contributed by atoms with Gasteiger partial charge in [-0.1, -0.05) is 127 Å². The number of carbonyl (C=O) groups is 7. The summed E-state index contributed by atoms with van der Waals surface area (Å²) in [5.74, 6) is -6.72. The van der Waals surface area contributed by atoms with Crippen molar-refractivity contribution in [2.45, 2.75) is 61.4 Å². The van der Waals surface area contributed by atoms with Crippen LogP contribution in [0.2, 0.25) is 0 Å². The molecule has 7 aromatic carbocycles. The molecule has 0 bridgehead atoms. The predicted octanol–water partition coefficient (Wildman–Crippen LogP) is 7.66. The molecule has 79 heavy (non-hydrogen) atoms. The summed E-state index contributed by atoms with van der Waals surface area (Å²) < 4.78 is 62.0. The van der Waals surface area contributed by atoms with E-state index < -0.39 is 116 Å². The van der Waals surface area contributed by atoms with Gasteiger partial charge in [-0.25, -0.2) is 33.6 Å². The van der Waals surface area contributed by atoms with Gasteiger partial charge in [0.1, 0.15) is 31.5 Å². The minimum absolute atomic E-state index is 0.00210. The zero-order valence-corrected chi connectivity index (χ0v) is 41.8. The Balaban J connectivity index is 1.18. The topological polar surface area (TPSA) is 232 Å². The van der Waals surface area contributed by atoms with Crippen molar-refractivity contribution in [3.05, 3.63) is 251 Å². The molecule has 18 nitrogen and oxygen atoms in total. The van der Waals surface area contributed by atoms with E-state index in [9.17, 15) is 38.7 Å². The molecule has 402 valence electrons. The lowest BCUT2D eigenvalue weighted by molar-refractivity contribution is -0.352. The summed E-state index contributed by atoms with van der Waals surface area (Å²) in [5, 5.41) is 11.9. The number of rotatable bonds is 18. The van der Waals surface area contributed by atoms with Crippen molar-refractivity contribution in [3.8, 4) is 0 Å². The van der Waals surface area contributed by atoms with Crippen LogP contribution in [0.1, 0.15) is 72.5 Å². The number of aliphatic hydroxyl groups excluding tert-OH is 1. The maximum Gasteiger partial charge on any atom is 0.338 e. The molecular formula is C61H50O18. The summed E-state index contributed by atoms with van der Waals surface area (Å²) in [7, 11) is 0. The molecule has 9 rings (SSSR count). The summed E-state index contributed by atoms with van der Waals surface area (Å²) in [6, 6.07) is 54.1. The second kappa shape index (κ2) is 26.1. The molecule has 7 aromatic rings. The maximum absolute atomic E-state index is 14.5. The highest BCUT2D eigenvalue weighted by molar-refractivity contribution is 5.93. The minimum Gasteiger partial charge on any atom is -0.459 e. The standard InChI is InChI=1S/C61H50O18/c62-53(38-22-8-1-9-23-38)70-36-45-48(49(75-56(65)41-28-14-4-15-29-41)51(60(69)72-45)77-58(67)43-32-18-6-19-33-43)79-61-52(78-59(68)44-34-20-7-21-35-44)50(76-57(66)42-30-16-5-17-31-42)47(74-55(64)40-26-12-3-13-27-40)46(73-61)37-71-54(63)39-24-10-2-11-25-39/h1-35,45-52,60-61,69H,36-37H2/t45?,46?,47-,48+,49?,50?,51?,52?,60+,61-/m0/s1. The Hall–Kier alpha value is -9.33. The number of benzene rings is 7. The minimum atomic E-state index is -2.12. The van der Waals surface area contributed by atoms with Crippen LogP contribution in [0.3, 0.4) is 0 Å². The molecule has 0 aromatic heterocycles. The van der Waals surface area contributed by atoms with Crippen LogP contribution in [0, 0.1) is 0 Å². The summed E-state index contributed by atoms with van der Waals surface area (Å²) >= 11 is 0. The van der Waals surface area contributed by atoms with E-state index in [0.717, 1.165) is 0 Å². The Morgan fingerprint density at radius 1 is 0.304 bits per heavy atom. The van der Waals surface area contributed by atoms with Gasteiger partial charge >= 0.3 is 41.8 Å². The molecule has 0 aliphatic carbocycles. The van der Waals surface area contributed by atoms with Crippen molar-refractivity contribution in [1.82, 2.24) is 0 Å². The number of hydrogen-bond acceptors (Lipinski definition) is 18. The van der Waals surface area contributed by atoms with Crippen molar-refractivity contribution in [1.29, 1.82) is 0 Å². The van der Waals surface area contributed by atoms with Crippen LogP contribution >= 0.6 is 0 Å². The number of aliphatic hydroxyl groups is 1. The van der Waals surface area contributed by atoms with Crippen LogP contribution in [0.4, 0.5) is 0 Å². The van der Waals surface area contributed by atoms with Gasteiger partial charge in [-0.15, -0.1) is 0 Å². The van der Waals surface area contributed by atoms with Gasteiger partial charge in [-0.2, -0.15) is 0 Å². The SMILES string of the molecule is O=C(OCC1O[C@@H](O)C(OC(=O)c2ccccc2)C(OC(=O)c2ccccc2)[C@@H]1O[C@@H]1OC(COC(=O)c2ccccc2)[C@H](OC(=O)c2ccccc2)C(OC(=O)c2ccccc2)C1OC(=O)c1ccccc1)c1ccccc1. The molecule has 2 fully saturated rings. The fourth-order valence-corrected chi connectivity index (χ4v) is 8.59. The molecular weight excluding hydrogens is 1020 g/mol. The van der Waals surface area contributed by atoms with Crippen molar-refractivity contribution in [2.24, 2.45) is 0 Å². The Morgan fingerprint density at radius 3 is 0.886 bits per heavy atom. The van der Waals surface area contributed by atoms with E-state index in [2.05, 4.69) is 0 Å². The van der Waals surface area contributed by atoms with Crippen LogP contribution in [-0.2, 0) is 47.4 Å². The van der Waals surface area contributed by atoms with E-state index >= 15 is 0 Å². The third-order valence-corrected chi connectivity index (χ3v) is 12.5. The molecule has 2 saturated heterocycles. The van der Waals surface area contributed by atoms with Gasteiger partial charge in [0, 0.05) is 0 Å². The fraction of sp³-hybridized carbons (Fsp3) is 0.197. The van der Waals surface area contributed by atoms with Crippen molar-refractivity contribution in [2.75, 3.05) is 13.2 Å². The second-order valence-electron chi connectivity index (χ2n) is 17.8. The molecule has 0 radical (unpaired) electrons. The monoisotopic (exact) mass is 1070 g/mol. The summed E-state index contributed by atoms with van der Waals surface area (Å²) in [6.07, 6.45) is -19.0. The lowest BCUT2D eigenvalue weighted by Gasteiger charge is -2.48. The van der Waals surface area contributed by atoms with Gasteiger partial charge in [-0.05, 0) is 84.9 Å². The maximum atomic E-state index is 14.5. The van der Waals surface area contributed by atoms with Crippen molar-refractivity contribution >= 4 is 41.8 Å². The summed E-state index contributed by atoms with van der Waals surface area (Å²) in [5.41, 5.74) is 0.298. The van der Waals surface area contributed by atoms with Crippen LogP contribution in [0.5, 0.6) is 0 Å². The third kappa shape index (κ3) is 13.8. The van der Waals surface area contributed by atoms with Crippen LogP contribution in [-0.4, -0.2) is 122 Å². The van der Waals surface area contributed by atoms with Crippen LogP contribution in [0.25, 0.3) is 0 Å². The lowest BCUT2D eigenvalue weighted by Crippen LogP contribution is -2.67. The van der Waals surface area contributed by atoms with E-state index in [1.807, 2.05) is 0 Å². The second-order valence-corrected chi connectivity index (χ2v) is 17.8. The van der Waals surface area contributed by atoms with E-state index in [0.29, 0.717) is 0 Å². The van der Waals surface area contributed by atoms with Gasteiger partial charge in [0.2, 0.25) is 0 Å². The van der Waals surface area contributed by atoms with Gasteiger partial charge in [0.15, 0.2) is 43.1 Å². The van der Waals surface area contributed by atoms with E-state index in [-0.39, 0.29) is 38.9 Å². The summed E-state index contributed by atoms with van der Waals surface area (Å²) in [4.78, 5) is 98.6. The highest BCUT2D eigenvalue weighted by Gasteiger charge is 2.58. The first-order valence-electron chi connectivity index (χ1n) is 24.9. The molecule has 1 N–H and O–H groups in total. The third-order valence-electron chi connectivity index (χ3n) is 12.5. The first-order chi connectivity index (χ1) is 38.5. The van der Waals surface area contributed by atoms with E-state index in [1.54, 1.807) is 127 Å². The molecule has 6 unspecified atom stereocenters. The van der Waals surface area contributed by atoms with Crippen LogP contribution < -0.4 is 0 Å². The Kier molecular flexibility index (Phi) is 18.0. The molecule has 0 spiro atoms. The van der Waals surface area contributed by atoms with Gasteiger partial charge in [0.25, 0.3) is 0 Å². The lowest BCUT2D eigenvalue weighted by atomic mass is 9.95. The highest BCUT2D eigenvalue weighted by atomic mass is 16.8. The first kappa shape index (κ1) is 54.5. The zero-order valence-electron chi connectivity index (χ0n) is 41.8. The van der Waals surface area contributed by atoms with Crippen molar-refractivity contribution < 1.29 is 86.0 Å². The molecule has 0 saturated carbocycles. The average Bonchev–Trinajstić information content (AvgIpc) is 3.51. The van der Waals surface area contributed by atoms with Gasteiger partial charge < -0.3 is 52.5 Å². The quantitative estimate of drug-likeness (QED) is 0.0642. The number of carbonyl (C=O) groups excluding carboxylic acids is 7. The number of hydrogen-bond donors (Lipinski definition) is 1. The fourth-order valence-electron chi connectivity index (χ4n) is 8.59. The Morgan fingerprint density at radius 2 is 0.557 bits per heavy atom. The smallest absolute Gasteiger partial charge is 0.338 e. The first-order valence-corrected chi connectivity index (χ1v) is 24.9. The average molecular weight is 1070 g/mol. The zero-order chi connectivity index (χ0) is 55.1. The molecule has 2 aliphatic heterocycles. The molecule has 2 heterocycles. The highest BCUT2D eigenvalue weighted by Crippen LogP contribution is 2.36. The Labute approximate surface area is 452 Å². The van der Waals surface area contributed by atoms with Gasteiger partial charge in [-0.3, -0.25) is 0 Å². The Bertz CT molecular complexity index is 3170. The van der Waals surface area contributed by atoms with E-state index in [1.165, 1.54) is 84.9 Å². The molecule has 0 amide bonds. The largest absolute Gasteiger partial charge is 0.459 e. The number of ether oxygens (including phenoxy) is 10. The molecule has 2 aliphatic rings. The molecule has 10 atom stereocenters. The molecule has 18 heteroatoms.